The van der Waals surface area contributed by atoms with Crippen LogP contribution in [-0.2, 0) is 6.54 Å². The Balaban J connectivity index is 1.54. The molecular weight excluding hydrogens is 522 g/mol. The van der Waals surface area contributed by atoms with Crippen LogP contribution in [0.5, 0.6) is 0 Å². The fourth-order valence-corrected chi connectivity index (χ4v) is 5.98. The molecule has 0 saturated carbocycles. The van der Waals surface area contributed by atoms with Crippen molar-refractivity contribution >= 4 is 16.7 Å². The molecule has 0 unspecified atom stereocenters. The van der Waals surface area contributed by atoms with Crippen LogP contribution in [-0.4, -0.2) is 78.5 Å². The second-order valence-corrected chi connectivity index (χ2v) is 11.5. The molecule has 220 valence electrons. The Labute approximate surface area is 249 Å². The van der Waals surface area contributed by atoms with Crippen molar-refractivity contribution < 1.29 is 4.79 Å². The summed E-state index contributed by atoms with van der Waals surface area (Å²) in [5, 5.41) is 4.57. The fourth-order valence-electron chi connectivity index (χ4n) is 5.98. The third-order valence-corrected chi connectivity index (χ3v) is 8.26. The van der Waals surface area contributed by atoms with Gasteiger partial charge in [-0.2, -0.15) is 0 Å². The molecule has 2 heterocycles. The number of para-hydroxylation sites is 1. The Hall–Kier alpha value is -3.78. The molecule has 0 radical (unpaired) electrons. The van der Waals surface area contributed by atoms with Crippen molar-refractivity contribution in [1.82, 2.24) is 24.6 Å². The van der Waals surface area contributed by atoms with Crippen molar-refractivity contribution in [2.24, 2.45) is 0 Å². The first-order valence-corrected chi connectivity index (χ1v) is 15.1. The van der Waals surface area contributed by atoms with Crippen molar-refractivity contribution in [3.05, 3.63) is 112 Å². The Morgan fingerprint density at radius 2 is 1.43 bits per heavy atom. The molecule has 1 aliphatic rings. The van der Waals surface area contributed by atoms with Gasteiger partial charge in [0.2, 0.25) is 0 Å². The van der Waals surface area contributed by atoms with E-state index in [-0.39, 0.29) is 17.5 Å². The van der Waals surface area contributed by atoms with Gasteiger partial charge in [0.25, 0.3) is 11.5 Å². The van der Waals surface area contributed by atoms with Gasteiger partial charge < -0.3 is 15.1 Å². The second-order valence-electron chi connectivity index (χ2n) is 11.5. The van der Waals surface area contributed by atoms with Gasteiger partial charge in [-0.1, -0.05) is 73.7 Å². The molecule has 7 heteroatoms. The van der Waals surface area contributed by atoms with E-state index < -0.39 is 0 Å². The van der Waals surface area contributed by atoms with E-state index in [1.807, 2.05) is 72.8 Å². The first-order valence-electron chi connectivity index (χ1n) is 15.1. The van der Waals surface area contributed by atoms with Crippen LogP contribution in [0.3, 0.4) is 0 Å². The van der Waals surface area contributed by atoms with Gasteiger partial charge in [-0.05, 0) is 63.8 Å². The molecule has 1 fully saturated rings. The molecule has 7 nitrogen and oxygen atoms in total. The highest BCUT2D eigenvalue weighted by molar-refractivity contribution is 6.08. The van der Waals surface area contributed by atoms with Gasteiger partial charge in [0, 0.05) is 49.2 Å². The monoisotopic (exact) mass is 565 g/mol. The summed E-state index contributed by atoms with van der Waals surface area (Å²) in [7, 11) is 4.23. The summed E-state index contributed by atoms with van der Waals surface area (Å²) in [6, 6.07) is 27.2. The fraction of sp³-hybridized carbons (Fsp3) is 0.371. The van der Waals surface area contributed by atoms with Crippen LogP contribution in [0.15, 0.2) is 89.7 Å². The van der Waals surface area contributed by atoms with E-state index >= 15 is 0 Å². The van der Waals surface area contributed by atoms with Crippen LogP contribution in [0.25, 0.3) is 16.5 Å². The summed E-state index contributed by atoms with van der Waals surface area (Å²) in [4.78, 5) is 35.6. The van der Waals surface area contributed by atoms with Crippen LogP contribution >= 0.6 is 0 Å². The Morgan fingerprint density at radius 3 is 2.07 bits per heavy atom. The largest absolute Gasteiger partial charge is 0.345 e. The van der Waals surface area contributed by atoms with Crippen LogP contribution in [0, 0.1) is 0 Å². The lowest BCUT2D eigenvalue weighted by atomic mass is 9.99. The van der Waals surface area contributed by atoms with Crippen molar-refractivity contribution in [3.63, 3.8) is 0 Å². The normalized spacial score (nSPS) is 15.2. The van der Waals surface area contributed by atoms with Gasteiger partial charge >= 0.3 is 0 Å². The summed E-state index contributed by atoms with van der Waals surface area (Å²) >= 11 is 0. The number of carbonyl (C=O) groups is 1. The summed E-state index contributed by atoms with van der Waals surface area (Å²) < 4.78 is 1.77. The van der Waals surface area contributed by atoms with Gasteiger partial charge in [0.05, 0.1) is 17.3 Å². The van der Waals surface area contributed by atoms with Gasteiger partial charge in [-0.3, -0.25) is 19.1 Å². The van der Waals surface area contributed by atoms with Crippen molar-refractivity contribution in [2.75, 3.05) is 53.4 Å². The van der Waals surface area contributed by atoms with Gasteiger partial charge in [-0.15, -0.1) is 0 Å². The summed E-state index contributed by atoms with van der Waals surface area (Å²) in [6.45, 7) is 8.50. The molecule has 1 aliphatic heterocycles. The molecule has 0 spiro atoms. The summed E-state index contributed by atoms with van der Waals surface area (Å²) in [5.74, 6) is -0.149. The highest BCUT2D eigenvalue weighted by Crippen LogP contribution is 2.26. The Bertz CT molecular complexity index is 1530. The number of benzene rings is 3. The molecule has 4 aromatic rings. The van der Waals surface area contributed by atoms with E-state index in [0.717, 1.165) is 69.1 Å². The van der Waals surface area contributed by atoms with E-state index in [0.29, 0.717) is 22.9 Å². The van der Waals surface area contributed by atoms with Crippen LogP contribution < -0.4 is 10.9 Å². The number of hydrogen-bond acceptors (Lipinski definition) is 5. The molecule has 1 amide bonds. The number of nitrogens with zero attached hydrogens (tertiary/aromatic N) is 4. The second kappa shape index (κ2) is 13.9. The number of nitrogens with one attached hydrogen (secondary N) is 1. The number of aromatic nitrogens is 1. The average Bonchev–Trinajstić information content (AvgIpc) is 3.01. The number of carbonyl (C=O) groups excluding carboxylic acids is 1. The Morgan fingerprint density at radius 1 is 0.833 bits per heavy atom. The van der Waals surface area contributed by atoms with Crippen LogP contribution in [0.4, 0.5) is 0 Å². The zero-order chi connectivity index (χ0) is 29.5. The molecule has 1 N–H and O–H groups in total. The van der Waals surface area contributed by atoms with Crippen molar-refractivity contribution in [2.45, 2.75) is 32.4 Å². The van der Waals surface area contributed by atoms with E-state index in [1.54, 1.807) is 4.57 Å². The number of rotatable bonds is 11. The highest BCUT2D eigenvalue weighted by atomic mass is 16.2. The van der Waals surface area contributed by atoms with Gasteiger partial charge in [-0.25, -0.2) is 0 Å². The number of piperazine rings is 1. The number of pyridine rings is 1. The minimum Gasteiger partial charge on any atom is -0.345 e. The minimum absolute atomic E-state index is 0.0965. The quantitative estimate of drug-likeness (QED) is 0.279. The molecule has 5 rings (SSSR count). The van der Waals surface area contributed by atoms with E-state index in [1.165, 1.54) is 0 Å². The van der Waals surface area contributed by atoms with Crippen LogP contribution in [0.2, 0.25) is 0 Å². The number of hydrogen-bond donors (Lipinski definition) is 1. The summed E-state index contributed by atoms with van der Waals surface area (Å²) in [6.07, 6.45) is 1.91. The smallest absolute Gasteiger partial charge is 0.263 e. The third kappa shape index (κ3) is 6.81. The Kier molecular flexibility index (Phi) is 9.85. The topological polar surface area (TPSA) is 60.8 Å². The first-order chi connectivity index (χ1) is 20.5. The molecule has 0 bridgehead atoms. The maximum Gasteiger partial charge on any atom is 0.263 e. The maximum absolute atomic E-state index is 14.3. The zero-order valence-corrected chi connectivity index (χ0v) is 25.1. The minimum atomic E-state index is -0.149. The lowest BCUT2D eigenvalue weighted by Gasteiger charge is -2.35. The maximum atomic E-state index is 14.3. The first kappa shape index (κ1) is 29.7. The predicted molar refractivity (Wildman–Crippen MR) is 171 cm³/mol. The molecule has 1 saturated heterocycles. The van der Waals surface area contributed by atoms with E-state index in [2.05, 4.69) is 53.2 Å². The number of fused-ring (bicyclic) bond motifs is 1. The molecule has 0 aliphatic carbocycles. The van der Waals surface area contributed by atoms with Crippen molar-refractivity contribution in [3.8, 4) is 5.69 Å². The van der Waals surface area contributed by atoms with E-state index in [9.17, 15) is 9.59 Å². The predicted octanol–water partition coefficient (Wildman–Crippen LogP) is 4.94. The van der Waals surface area contributed by atoms with E-state index in [4.69, 9.17) is 0 Å². The standard InChI is InChI=1S/C35H43N5O2/c1-4-31(27-14-7-5-8-15-27)36-34(41)33-29-18-11-12-19-30(29)35(42)40(28-16-9-6-10-17-28)32(33)26-39-24-22-38(23-25-39)21-13-20-37(2)3/h5-12,14-19,31H,4,13,20-26H2,1-3H3,(H,36,41)/t31-/m0/s1. The van der Waals surface area contributed by atoms with Crippen LogP contribution in [0.1, 0.15) is 47.4 Å². The van der Waals surface area contributed by atoms with Gasteiger partial charge in [0.1, 0.15) is 0 Å². The molecule has 42 heavy (non-hydrogen) atoms. The average molecular weight is 566 g/mol. The molecule has 1 aromatic heterocycles. The van der Waals surface area contributed by atoms with Crippen molar-refractivity contribution in [1.29, 1.82) is 0 Å². The summed E-state index contributed by atoms with van der Waals surface area (Å²) in [5.41, 5.74) is 3.07. The molecule has 1 atom stereocenters. The highest BCUT2D eigenvalue weighted by Gasteiger charge is 2.27. The third-order valence-electron chi connectivity index (χ3n) is 8.26. The lowest BCUT2D eigenvalue weighted by molar-refractivity contribution is 0.0930. The zero-order valence-electron chi connectivity index (χ0n) is 25.1. The molecular formula is C35H43N5O2. The number of amides is 1. The molecule has 3 aromatic carbocycles. The lowest BCUT2D eigenvalue weighted by Crippen LogP contribution is -2.47. The SMILES string of the molecule is CC[C@H](NC(=O)c1c(CN2CCN(CCCN(C)C)CC2)n(-c2ccccc2)c(=O)c2ccccc12)c1ccccc1. The van der Waals surface area contributed by atoms with Gasteiger partial charge in [0.15, 0.2) is 0 Å².